The molecule has 10 heteroatoms. The molecule has 4 amide bonds. The van der Waals surface area contributed by atoms with Crippen LogP contribution in [0, 0.1) is 27.9 Å². The zero-order valence-electron chi connectivity index (χ0n) is 15.7. The summed E-state index contributed by atoms with van der Waals surface area (Å²) in [7, 11) is 1.38. The first-order valence-corrected chi connectivity index (χ1v) is 9.43. The number of non-ortho nitro benzene ring substituents is 1. The number of urea groups is 1. The highest BCUT2D eigenvalue weighted by atomic mass is 16.6. The second kappa shape index (κ2) is 7.26. The number of nitrogens with one attached hydrogen (secondary N) is 1. The maximum absolute atomic E-state index is 13.0. The largest absolute Gasteiger partial charge is 0.494 e. The van der Waals surface area contributed by atoms with Crippen molar-refractivity contribution in [1.82, 2.24) is 10.2 Å². The van der Waals surface area contributed by atoms with Crippen LogP contribution in [0.25, 0.3) is 0 Å². The summed E-state index contributed by atoms with van der Waals surface area (Å²) in [6.45, 7) is 0. The van der Waals surface area contributed by atoms with E-state index in [0.717, 1.165) is 31.9 Å². The highest BCUT2D eigenvalue weighted by Gasteiger charge is 2.50. The van der Waals surface area contributed by atoms with E-state index in [-0.39, 0.29) is 29.1 Å². The van der Waals surface area contributed by atoms with Crippen molar-refractivity contribution in [3.05, 3.63) is 28.3 Å². The van der Waals surface area contributed by atoms with Gasteiger partial charge in [0.15, 0.2) is 5.92 Å². The van der Waals surface area contributed by atoms with Crippen molar-refractivity contribution >= 4 is 35.4 Å². The molecular formula is C19H20N4O6. The fourth-order valence-electron chi connectivity index (χ4n) is 4.63. The maximum Gasteiger partial charge on any atom is 0.331 e. The third kappa shape index (κ3) is 3.34. The van der Waals surface area contributed by atoms with Crippen LogP contribution in [0.1, 0.15) is 25.7 Å². The number of methoxy groups -OCH3 is 1. The molecule has 29 heavy (non-hydrogen) atoms. The highest BCUT2D eigenvalue weighted by Crippen LogP contribution is 2.47. The summed E-state index contributed by atoms with van der Waals surface area (Å²) in [5.41, 5.74) is -0.0816. The molecule has 1 heterocycles. The molecule has 1 aromatic rings. The van der Waals surface area contributed by atoms with Gasteiger partial charge in [-0.2, -0.15) is 0 Å². The molecule has 0 radical (unpaired) electrons. The van der Waals surface area contributed by atoms with Crippen LogP contribution in [-0.2, 0) is 9.59 Å². The van der Waals surface area contributed by atoms with Crippen LogP contribution in [0.4, 0.5) is 16.2 Å². The molecule has 0 unspecified atom stereocenters. The molecule has 1 aromatic carbocycles. The summed E-state index contributed by atoms with van der Waals surface area (Å²) in [4.78, 5) is 53.3. The average Bonchev–Trinajstić information content (AvgIpc) is 3.30. The molecule has 2 aliphatic carbocycles. The Morgan fingerprint density at radius 3 is 2.69 bits per heavy atom. The quantitative estimate of drug-likeness (QED) is 0.349. The number of carbonyl (C=O) groups is 3. The number of benzene rings is 1. The summed E-state index contributed by atoms with van der Waals surface area (Å²) < 4.78 is 5.14. The number of ether oxygens (including phenoxy) is 1. The molecule has 0 spiro atoms. The number of carbonyl (C=O) groups excluding carboxylic acids is 3. The Labute approximate surface area is 166 Å². The predicted molar refractivity (Wildman–Crippen MR) is 101 cm³/mol. The van der Waals surface area contributed by atoms with Crippen LogP contribution in [0.15, 0.2) is 23.2 Å². The van der Waals surface area contributed by atoms with Crippen LogP contribution in [0.3, 0.4) is 0 Å². The predicted octanol–water partition coefficient (Wildman–Crippen LogP) is 2.19. The second-order valence-corrected chi connectivity index (χ2v) is 7.61. The zero-order chi connectivity index (χ0) is 20.7. The van der Waals surface area contributed by atoms with Gasteiger partial charge in [0.2, 0.25) is 11.8 Å². The summed E-state index contributed by atoms with van der Waals surface area (Å²) in [5, 5.41) is 13.2. The Balaban J connectivity index is 1.60. The lowest BCUT2D eigenvalue weighted by molar-refractivity contribution is -0.384. The van der Waals surface area contributed by atoms with E-state index in [0.29, 0.717) is 5.92 Å². The normalized spacial score (nSPS) is 28.9. The first-order valence-electron chi connectivity index (χ1n) is 9.43. The molecule has 4 rings (SSSR count). The number of imide groups is 2. The minimum atomic E-state index is -1.28. The van der Waals surface area contributed by atoms with Gasteiger partial charge in [0.1, 0.15) is 11.4 Å². The van der Waals surface area contributed by atoms with Gasteiger partial charge < -0.3 is 4.74 Å². The third-order valence-corrected chi connectivity index (χ3v) is 6.00. The topological polar surface area (TPSA) is 131 Å². The van der Waals surface area contributed by atoms with Gasteiger partial charge in [0, 0.05) is 24.4 Å². The number of nitrogens with zero attached hydrogens (tertiary/aromatic N) is 3. The van der Waals surface area contributed by atoms with Crippen molar-refractivity contribution in [2.24, 2.45) is 22.7 Å². The molecule has 1 N–H and O–H groups in total. The first kappa shape index (κ1) is 19.0. The molecule has 4 atom stereocenters. The Hall–Kier alpha value is -3.30. The maximum atomic E-state index is 13.0. The van der Waals surface area contributed by atoms with Crippen molar-refractivity contribution in [2.75, 3.05) is 7.11 Å². The number of rotatable bonds is 5. The number of amides is 4. The van der Waals surface area contributed by atoms with Crippen LogP contribution in [0.2, 0.25) is 0 Å². The molecular weight excluding hydrogens is 380 g/mol. The summed E-state index contributed by atoms with van der Waals surface area (Å²) in [6, 6.07) is 2.97. The molecule has 152 valence electrons. The first-order chi connectivity index (χ1) is 13.9. The second-order valence-electron chi connectivity index (χ2n) is 7.61. The van der Waals surface area contributed by atoms with Gasteiger partial charge in [0.05, 0.1) is 12.0 Å². The van der Waals surface area contributed by atoms with Gasteiger partial charge in [-0.3, -0.25) is 34.9 Å². The highest BCUT2D eigenvalue weighted by molar-refractivity contribution is 6.23. The van der Waals surface area contributed by atoms with Crippen LogP contribution in [0.5, 0.6) is 5.75 Å². The van der Waals surface area contributed by atoms with E-state index in [1.807, 2.05) is 0 Å². The molecule has 0 aromatic heterocycles. The van der Waals surface area contributed by atoms with Crippen LogP contribution >= 0.6 is 0 Å². The van der Waals surface area contributed by atoms with Crippen LogP contribution in [-0.4, -0.2) is 47.0 Å². The Bertz CT molecular complexity index is 929. The Morgan fingerprint density at radius 2 is 2.07 bits per heavy atom. The molecule has 3 fully saturated rings. The van der Waals surface area contributed by atoms with E-state index in [2.05, 4.69) is 10.3 Å². The zero-order valence-corrected chi connectivity index (χ0v) is 15.7. The van der Waals surface area contributed by atoms with E-state index in [4.69, 9.17) is 4.74 Å². The average molecular weight is 400 g/mol. The number of nitro benzene ring substituents is 1. The fourth-order valence-corrected chi connectivity index (χ4v) is 4.63. The van der Waals surface area contributed by atoms with Gasteiger partial charge in [-0.05, 0) is 37.2 Å². The Morgan fingerprint density at radius 1 is 1.28 bits per heavy atom. The SMILES string of the molecule is COc1ccc([N+](=O)[O-])cc1N=C[C@@H]1C(=O)NC(=O)N([C@@H]2C[C@H]3CC[C@H]2C3)C1=O. The minimum absolute atomic E-state index is 0.116. The van der Waals surface area contributed by atoms with E-state index in [1.54, 1.807) is 0 Å². The van der Waals surface area contributed by atoms with Gasteiger partial charge in [-0.1, -0.05) is 6.42 Å². The van der Waals surface area contributed by atoms with Crippen LogP contribution < -0.4 is 10.1 Å². The summed E-state index contributed by atoms with van der Waals surface area (Å²) in [6.07, 6.45) is 4.97. The van der Waals surface area contributed by atoms with Gasteiger partial charge in [-0.15, -0.1) is 0 Å². The molecule has 1 saturated heterocycles. The van der Waals surface area contributed by atoms with Gasteiger partial charge >= 0.3 is 6.03 Å². The lowest BCUT2D eigenvalue weighted by Gasteiger charge is -2.36. The molecule has 1 aliphatic heterocycles. The standard InChI is InChI=1S/C19H20N4O6/c1-29-16-5-4-12(23(27)28)8-14(16)20-9-13-17(24)21-19(26)22(18(13)25)15-7-10-2-3-11(15)6-10/h4-5,8-11,13,15H,2-3,6-7H2,1H3,(H,21,24,26)/t10-,11-,13+,15+/m0/s1. The fraction of sp³-hybridized carbons (Fsp3) is 0.474. The molecule has 3 aliphatic rings. The molecule has 2 saturated carbocycles. The molecule has 2 bridgehead atoms. The minimum Gasteiger partial charge on any atom is -0.494 e. The lowest BCUT2D eigenvalue weighted by atomic mass is 9.92. The van der Waals surface area contributed by atoms with E-state index >= 15 is 0 Å². The van der Waals surface area contributed by atoms with E-state index in [9.17, 15) is 24.5 Å². The monoisotopic (exact) mass is 400 g/mol. The summed E-state index contributed by atoms with van der Waals surface area (Å²) in [5.74, 6) is -1.59. The number of hydrogen-bond donors (Lipinski definition) is 1. The van der Waals surface area contributed by atoms with E-state index < -0.39 is 28.7 Å². The molecule has 10 nitrogen and oxygen atoms in total. The van der Waals surface area contributed by atoms with Crippen molar-refractivity contribution < 1.29 is 24.0 Å². The van der Waals surface area contributed by atoms with Crippen molar-refractivity contribution in [3.63, 3.8) is 0 Å². The Kier molecular flexibility index (Phi) is 4.77. The van der Waals surface area contributed by atoms with E-state index in [1.165, 1.54) is 30.2 Å². The van der Waals surface area contributed by atoms with Gasteiger partial charge in [-0.25, -0.2) is 4.79 Å². The summed E-state index contributed by atoms with van der Waals surface area (Å²) >= 11 is 0. The van der Waals surface area contributed by atoms with Crippen molar-refractivity contribution in [3.8, 4) is 5.75 Å². The number of barbiturate groups is 1. The number of aliphatic imine (C=N–C) groups is 1. The number of hydrogen-bond acceptors (Lipinski definition) is 7. The van der Waals surface area contributed by atoms with Gasteiger partial charge in [0.25, 0.3) is 5.69 Å². The third-order valence-electron chi connectivity index (χ3n) is 6.00. The number of fused-ring (bicyclic) bond motifs is 2. The van der Waals surface area contributed by atoms with Crippen molar-refractivity contribution in [1.29, 1.82) is 0 Å². The number of nitro groups is 1. The smallest absolute Gasteiger partial charge is 0.331 e. The lowest BCUT2D eigenvalue weighted by Crippen LogP contribution is -2.62. The van der Waals surface area contributed by atoms with Crippen molar-refractivity contribution in [2.45, 2.75) is 31.7 Å².